The summed E-state index contributed by atoms with van der Waals surface area (Å²) in [7, 11) is 0. The Kier molecular flexibility index (Phi) is 3.60. The second-order valence-corrected chi connectivity index (χ2v) is 6.11. The first-order valence-corrected chi connectivity index (χ1v) is 8.11. The Morgan fingerprint density at radius 3 is 2.68 bits per heavy atom. The number of ether oxygens (including phenoxy) is 3. The highest BCUT2D eigenvalue weighted by Gasteiger charge is 2.65. The highest BCUT2D eigenvalue weighted by atomic mass is 32.2. The summed E-state index contributed by atoms with van der Waals surface area (Å²) in [6.45, 7) is 0.753. The normalized spacial score (nSPS) is 22.6. The van der Waals surface area contributed by atoms with E-state index in [1.807, 2.05) is 11.1 Å². The van der Waals surface area contributed by atoms with Gasteiger partial charge in [0.25, 0.3) is 0 Å². The minimum Gasteiger partial charge on any atom is -0.453 e. The molecule has 3 aliphatic heterocycles. The van der Waals surface area contributed by atoms with Gasteiger partial charge in [0.15, 0.2) is 23.1 Å². The number of nitrogens with zero attached hydrogens (tertiary/aromatic N) is 2. The maximum atomic E-state index is 13.3. The van der Waals surface area contributed by atoms with Gasteiger partial charge in [0, 0.05) is 24.6 Å². The lowest BCUT2D eigenvalue weighted by molar-refractivity contribution is -0.391. The molecule has 0 amide bonds. The Labute approximate surface area is 143 Å². The predicted octanol–water partition coefficient (Wildman–Crippen LogP) is 3.80. The minimum absolute atomic E-state index is 0.128. The van der Waals surface area contributed by atoms with Gasteiger partial charge in [-0.25, -0.2) is 0 Å². The van der Waals surface area contributed by atoms with Crippen molar-refractivity contribution < 1.29 is 31.8 Å². The van der Waals surface area contributed by atoms with Gasteiger partial charge < -0.3 is 19.1 Å². The summed E-state index contributed by atoms with van der Waals surface area (Å²) in [5.41, 5.74) is 0. The summed E-state index contributed by atoms with van der Waals surface area (Å²) in [4.78, 5) is 1.89. The molecule has 0 aromatic heterocycles. The van der Waals surface area contributed by atoms with Crippen LogP contribution in [0.4, 0.5) is 17.6 Å². The Morgan fingerprint density at radius 1 is 1.12 bits per heavy atom. The molecule has 0 atom stereocenters. The van der Waals surface area contributed by atoms with E-state index in [1.165, 1.54) is 18.0 Å². The molecular weight excluding hydrogens is 364 g/mol. The monoisotopic (exact) mass is 374 g/mol. The average molecular weight is 374 g/mol. The van der Waals surface area contributed by atoms with Gasteiger partial charge in [-0.2, -0.15) is 22.0 Å². The SMILES string of the molecule is FC1(F)Oc2ccc(OC3=CC=CN4CCSN=C34)cc2OC1(F)F. The molecule has 4 rings (SSSR count). The van der Waals surface area contributed by atoms with Crippen molar-refractivity contribution in [3.8, 4) is 17.2 Å². The summed E-state index contributed by atoms with van der Waals surface area (Å²) in [5, 5.41) is 0. The second kappa shape index (κ2) is 5.58. The zero-order chi connectivity index (χ0) is 17.7. The number of rotatable bonds is 2. The maximum Gasteiger partial charge on any atom is 0.507 e. The second-order valence-electron chi connectivity index (χ2n) is 5.26. The molecule has 0 saturated heterocycles. The van der Waals surface area contributed by atoms with Crippen molar-refractivity contribution in [2.24, 2.45) is 4.40 Å². The number of alkyl halides is 4. The van der Waals surface area contributed by atoms with Gasteiger partial charge in [-0.3, -0.25) is 0 Å². The minimum atomic E-state index is -4.77. The molecule has 0 radical (unpaired) electrons. The van der Waals surface area contributed by atoms with Crippen LogP contribution in [0.3, 0.4) is 0 Å². The van der Waals surface area contributed by atoms with Crippen LogP contribution in [0.25, 0.3) is 0 Å². The summed E-state index contributed by atoms with van der Waals surface area (Å²) < 4.78 is 71.0. The van der Waals surface area contributed by atoms with Crippen molar-refractivity contribution in [2.75, 3.05) is 12.3 Å². The quantitative estimate of drug-likeness (QED) is 0.582. The van der Waals surface area contributed by atoms with Crippen LogP contribution in [0.5, 0.6) is 17.2 Å². The van der Waals surface area contributed by atoms with Crippen LogP contribution in [0.1, 0.15) is 0 Å². The van der Waals surface area contributed by atoms with Crippen LogP contribution in [0, 0.1) is 0 Å². The van der Waals surface area contributed by atoms with Crippen molar-refractivity contribution >= 4 is 17.8 Å². The van der Waals surface area contributed by atoms with Crippen molar-refractivity contribution in [3.63, 3.8) is 0 Å². The Morgan fingerprint density at radius 2 is 1.88 bits per heavy atom. The number of amidine groups is 1. The van der Waals surface area contributed by atoms with Crippen LogP contribution in [-0.4, -0.2) is 35.3 Å². The van der Waals surface area contributed by atoms with E-state index >= 15 is 0 Å². The first-order valence-electron chi connectivity index (χ1n) is 7.17. The summed E-state index contributed by atoms with van der Waals surface area (Å²) in [6.07, 6.45) is -4.24. The zero-order valence-electron chi connectivity index (χ0n) is 12.4. The van der Waals surface area contributed by atoms with Crippen LogP contribution in [0.15, 0.2) is 46.7 Å². The summed E-state index contributed by atoms with van der Waals surface area (Å²) in [5.74, 6) is 0.927. The first-order chi connectivity index (χ1) is 11.9. The number of hydrogen-bond acceptors (Lipinski definition) is 6. The third-order valence-electron chi connectivity index (χ3n) is 3.54. The Bertz CT molecular complexity index is 810. The molecule has 0 spiro atoms. The van der Waals surface area contributed by atoms with Gasteiger partial charge in [0.1, 0.15) is 5.75 Å². The van der Waals surface area contributed by atoms with Gasteiger partial charge in [-0.05, 0) is 36.2 Å². The Balaban J connectivity index is 1.60. The molecule has 10 heteroatoms. The van der Waals surface area contributed by atoms with E-state index in [0.29, 0.717) is 11.6 Å². The molecule has 5 nitrogen and oxygen atoms in total. The summed E-state index contributed by atoms with van der Waals surface area (Å²) in [6, 6.07) is 3.47. The number of fused-ring (bicyclic) bond motifs is 2. The van der Waals surface area contributed by atoms with Gasteiger partial charge in [0.05, 0.1) is 0 Å². The zero-order valence-corrected chi connectivity index (χ0v) is 13.2. The van der Waals surface area contributed by atoms with E-state index in [4.69, 9.17) is 4.74 Å². The molecule has 0 N–H and O–H groups in total. The van der Waals surface area contributed by atoms with Gasteiger partial charge >= 0.3 is 12.2 Å². The van der Waals surface area contributed by atoms with Crippen LogP contribution < -0.4 is 14.2 Å². The molecule has 3 heterocycles. The number of hydrogen-bond donors (Lipinski definition) is 0. The van der Waals surface area contributed by atoms with Gasteiger partial charge in [-0.15, -0.1) is 0 Å². The predicted molar refractivity (Wildman–Crippen MR) is 82.0 cm³/mol. The molecule has 25 heavy (non-hydrogen) atoms. The molecule has 0 unspecified atom stereocenters. The Hall–Kier alpha value is -2.36. The van der Waals surface area contributed by atoms with Crippen molar-refractivity contribution in [1.29, 1.82) is 0 Å². The third-order valence-corrected chi connectivity index (χ3v) is 4.21. The number of allylic oxidation sites excluding steroid dienone is 2. The van der Waals surface area contributed by atoms with Crippen LogP contribution in [0.2, 0.25) is 0 Å². The van der Waals surface area contributed by atoms with E-state index in [0.717, 1.165) is 24.4 Å². The number of halogens is 4. The lowest BCUT2D eigenvalue weighted by Gasteiger charge is -2.32. The van der Waals surface area contributed by atoms with Crippen molar-refractivity contribution in [2.45, 2.75) is 12.2 Å². The standard InChI is InChI=1S/C15H10F4N2O3S/c16-14(17)15(18,19)24-12-8-9(3-4-10(12)23-14)22-11-2-1-5-21-6-7-25-20-13(11)21/h1-5,8H,6-7H2. The molecule has 0 fully saturated rings. The van der Waals surface area contributed by atoms with E-state index in [2.05, 4.69) is 13.9 Å². The summed E-state index contributed by atoms with van der Waals surface area (Å²) >= 11 is 1.38. The molecule has 1 aromatic rings. The maximum absolute atomic E-state index is 13.3. The highest BCUT2D eigenvalue weighted by molar-refractivity contribution is 7.98. The lowest BCUT2D eigenvalue weighted by Crippen LogP contribution is -2.52. The number of benzene rings is 1. The van der Waals surface area contributed by atoms with Crippen LogP contribution in [-0.2, 0) is 0 Å². The van der Waals surface area contributed by atoms with Gasteiger partial charge in [-0.1, -0.05) is 0 Å². The molecule has 3 aliphatic rings. The molecule has 132 valence electrons. The molecule has 0 bridgehead atoms. The molecule has 1 aromatic carbocycles. The van der Waals surface area contributed by atoms with Crippen LogP contribution >= 0.6 is 11.9 Å². The van der Waals surface area contributed by atoms with Crippen molar-refractivity contribution in [1.82, 2.24) is 4.90 Å². The molecule has 0 saturated carbocycles. The molecular formula is C15H10F4N2O3S. The topological polar surface area (TPSA) is 43.3 Å². The fraction of sp³-hybridized carbons (Fsp3) is 0.267. The lowest BCUT2D eigenvalue weighted by atomic mass is 10.2. The fourth-order valence-corrected chi connectivity index (χ4v) is 3.05. The average Bonchev–Trinajstić information content (AvgIpc) is 2.56. The van der Waals surface area contributed by atoms with Gasteiger partial charge in [0.2, 0.25) is 0 Å². The van der Waals surface area contributed by atoms with E-state index in [1.54, 1.807) is 12.2 Å². The third kappa shape index (κ3) is 2.80. The van der Waals surface area contributed by atoms with E-state index in [-0.39, 0.29) is 5.75 Å². The van der Waals surface area contributed by atoms with E-state index in [9.17, 15) is 17.6 Å². The smallest absolute Gasteiger partial charge is 0.453 e. The highest BCUT2D eigenvalue weighted by Crippen LogP contribution is 2.48. The fourth-order valence-electron chi connectivity index (χ4n) is 2.36. The first kappa shape index (κ1) is 16.1. The largest absolute Gasteiger partial charge is 0.507 e. The van der Waals surface area contributed by atoms with Crippen molar-refractivity contribution in [3.05, 3.63) is 42.3 Å². The molecule has 0 aliphatic carbocycles. The van der Waals surface area contributed by atoms with E-state index < -0.39 is 23.7 Å².